The van der Waals surface area contributed by atoms with Crippen LogP contribution in [0.5, 0.6) is 0 Å². The van der Waals surface area contributed by atoms with Crippen molar-refractivity contribution in [3.63, 3.8) is 0 Å². The zero-order valence-corrected chi connectivity index (χ0v) is 9.44. The topological polar surface area (TPSA) is 83.8 Å². The molecule has 2 N–H and O–H groups in total. The molecule has 0 aromatic rings. The highest BCUT2D eigenvalue weighted by atomic mass is 16.5. The molecule has 0 aromatic carbocycles. The van der Waals surface area contributed by atoms with E-state index in [1.807, 2.05) is 0 Å². The van der Waals surface area contributed by atoms with Gasteiger partial charge in [-0.2, -0.15) is 0 Å². The van der Waals surface area contributed by atoms with Gasteiger partial charge in [0.1, 0.15) is 0 Å². The molecule has 1 fully saturated rings. The van der Waals surface area contributed by atoms with Crippen LogP contribution in [0.1, 0.15) is 32.1 Å². The highest BCUT2D eigenvalue weighted by Crippen LogP contribution is 2.43. The lowest BCUT2D eigenvalue weighted by Crippen LogP contribution is -2.46. The van der Waals surface area contributed by atoms with Gasteiger partial charge in [-0.25, -0.2) is 0 Å². The zero-order chi connectivity index (χ0) is 12.2. The van der Waals surface area contributed by atoms with Crippen molar-refractivity contribution in [1.29, 1.82) is 0 Å². The van der Waals surface area contributed by atoms with Gasteiger partial charge in [-0.05, 0) is 25.2 Å². The van der Waals surface area contributed by atoms with E-state index in [1.54, 1.807) is 0 Å². The third-order valence-electron chi connectivity index (χ3n) is 3.49. The first-order valence-electron chi connectivity index (χ1n) is 5.52. The molecule has 0 aromatic heterocycles. The van der Waals surface area contributed by atoms with Gasteiger partial charge in [0.15, 0.2) is 5.41 Å². The summed E-state index contributed by atoms with van der Waals surface area (Å²) in [6, 6.07) is 0. The molecule has 1 rings (SSSR count). The molecule has 1 unspecified atom stereocenters. The number of carboxylic acid groups (broad SMARTS) is 1. The molecule has 16 heavy (non-hydrogen) atoms. The van der Waals surface area contributed by atoms with Gasteiger partial charge in [0.2, 0.25) is 0 Å². The lowest BCUT2D eigenvalue weighted by Gasteiger charge is -2.31. The van der Waals surface area contributed by atoms with Crippen molar-refractivity contribution in [3.8, 4) is 0 Å². The Hall–Kier alpha value is -1.10. The van der Waals surface area contributed by atoms with Crippen molar-refractivity contribution in [2.45, 2.75) is 32.1 Å². The average Bonchev–Trinajstić information content (AvgIpc) is 2.78. The molecule has 0 saturated heterocycles. The van der Waals surface area contributed by atoms with E-state index in [4.69, 9.17) is 5.11 Å². The van der Waals surface area contributed by atoms with Gasteiger partial charge in [0.25, 0.3) is 0 Å². The molecular formula is C11H18O5. The van der Waals surface area contributed by atoms with Crippen LogP contribution in [-0.2, 0) is 14.3 Å². The highest BCUT2D eigenvalue weighted by Gasteiger charge is 2.53. The number of ether oxygens (including phenoxy) is 1. The Morgan fingerprint density at radius 2 is 1.94 bits per heavy atom. The first-order chi connectivity index (χ1) is 7.59. The molecule has 5 nitrogen and oxygen atoms in total. The van der Waals surface area contributed by atoms with Gasteiger partial charge in [0, 0.05) is 6.61 Å². The van der Waals surface area contributed by atoms with Gasteiger partial charge in [-0.1, -0.05) is 12.8 Å². The minimum Gasteiger partial charge on any atom is -0.480 e. The molecule has 1 saturated carbocycles. The molecule has 1 aliphatic carbocycles. The van der Waals surface area contributed by atoms with Crippen molar-refractivity contribution >= 4 is 11.9 Å². The normalized spacial score (nSPS) is 20.4. The Labute approximate surface area is 94.4 Å². The van der Waals surface area contributed by atoms with Gasteiger partial charge < -0.3 is 14.9 Å². The van der Waals surface area contributed by atoms with Gasteiger partial charge in [-0.15, -0.1) is 0 Å². The van der Waals surface area contributed by atoms with Crippen LogP contribution in [0.2, 0.25) is 0 Å². The third kappa shape index (κ3) is 2.04. The summed E-state index contributed by atoms with van der Waals surface area (Å²) in [5, 5.41) is 18.3. The predicted octanol–water partition coefficient (Wildman–Crippen LogP) is 0.803. The molecular weight excluding hydrogens is 212 g/mol. The fourth-order valence-electron chi connectivity index (χ4n) is 2.62. The first kappa shape index (κ1) is 13.0. The SMILES string of the molecule is COC(=O)C(CCO)(C(=O)O)C1CCCC1. The maximum absolute atomic E-state index is 11.7. The van der Waals surface area contributed by atoms with Gasteiger partial charge >= 0.3 is 11.9 Å². The molecule has 0 spiro atoms. The van der Waals surface area contributed by atoms with E-state index < -0.39 is 17.4 Å². The van der Waals surface area contributed by atoms with Crippen LogP contribution >= 0.6 is 0 Å². The van der Waals surface area contributed by atoms with Crippen molar-refractivity contribution in [3.05, 3.63) is 0 Å². The van der Waals surface area contributed by atoms with Crippen LogP contribution in [0.3, 0.4) is 0 Å². The predicted molar refractivity (Wildman–Crippen MR) is 55.7 cm³/mol. The Morgan fingerprint density at radius 3 is 2.31 bits per heavy atom. The van der Waals surface area contributed by atoms with Crippen LogP contribution in [0.4, 0.5) is 0 Å². The van der Waals surface area contributed by atoms with Crippen molar-refractivity contribution in [2.75, 3.05) is 13.7 Å². The Bertz CT molecular complexity index is 270. The molecule has 1 atom stereocenters. The molecule has 1 aliphatic rings. The molecule has 92 valence electrons. The summed E-state index contributed by atoms with van der Waals surface area (Å²) >= 11 is 0. The summed E-state index contributed by atoms with van der Waals surface area (Å²) in [7, 11) is 1.19. The van der Waals surface area contributed by atoms with Crippen LogP contribution in [0.25, 0.3) is 0 Å². The van der Waals surface area contributed by atoms with E-state index in [1.165, 1.54) is 7.11 Å². The quantitative estimate of drug-likeness (QED) is 0.539. The number of aliphatic carboxylic acids is 1. The fraction of sp³-hybridized carbons (Fsp3) is 0.818. The second-order valence-electron chi connectivity index (χ2n) is 4.22. The Morgan fingerprint density at radius 1 is 1.38 bits per heavy atom. The van der Waals surface area contributed by atoms with Crippen molar-refractivity contribution < 1.29 is 24.5 Å². The van der Waals surface area contributed by atoms with E-state index in [2.05, 4.69) is 4.74 Å². The van der Waals surface area contributed by atoms with Gasteiger partial charge in [-0.3, -0.25) is 9.59 Å². The second kappa shape index (κ2) is 5.30. The number of hydrogen-bond donors (Lipinski definition) is 2. The zero-order valence-electron chi connectivity index (χ0n) is 9.44. The van der Waals surface area contributed by atoms with Gasteiger partial charge in [0.05, 0.1) is 7.11 Å². The highest BCUT2D eigenvalue weighted by molar-refractivity contribution is 5.99. The number of esters is 1. The number of methoxy groups -OCH3 is 1. The monoisotopic (exact) mass is 230 g/mol. The molecule has 0 heterocycles. The van der Waals surface area contributed by atoms with Crippen LogP contribution < -0.4 is 0 Å². The molecule has 0 amide bonds. The lowest BCUT2D eigenvalue weighted by molar-refractivity contribution is -0.173. The van der Waals surface area contributed by atoms with E-state index >= 15 is 0 Å². The summed E-state index contributed by atoms with van der Waals surface area (Å²) < 4.78 is 4.61. The fourth-order valence-corrected chi connectivity index (χ4v) is 2.62. The number of carbonyl (C=O) groups excluding carboxylic acids is 1. The van der Waals surface area contributed by atoms with Crippen LogP contribution in [-0.4, -0.2) is 35.9 Å². The van der Waals surface area contributed by atoms with E-state index in [-0.39, 0.29) is 18.9 Å². The standard InChI is InChI=1S/C11H18O5/c1-16-10(15)11(6-7-12,9(13)14)8-4-2-3-5-8/h8,12H,2-7H2,1H3,(H,13,14). The maximum Gasteiger partial charge on any atom is 0.323 e. The maximum atomic E-state index is 11.7. The number of hydrogen-bond acceptors (Lipinski definition) is 4. The third-order valence-corrected chi connectivity index (χ3v) is 3.49. The first-order valence-corrected chi connectivity index (χ1v) is 5.52. The molecule has 5 heteroatoms. The molecule has 0 bridgehead atoms. The Kier molecular flexibility index (Phi) is 4.29. The van der Waals surface area contributed by atoms with Crippen LogP contribution in [0.15, 0.2) is 0 Å². The molecule has 0 radical (unpaired) electrons. The number of aliphatic hydroxyl groups is 1. The number of carboxylic acids is 1. The van der Waals surface area contributed by atoms with Crippen molar-refractivity contribution in [2.24, 2.45) is 11.3 Å². The smallest absolute Gasteiger partial charge is 0.323 e. The van der Waals surface area contributed by atoms with E-state index in [0.717, 1.165) is 12.8 Å². The second-order valence-corrected chi connectivity index (χ2v) is 4.22. The van der Waals surface area contributed by atoms with E-state index in [9.17, 15) is 14.7 Å². The summed E-state index contributed by atoms with van der Waals surface area (Å²) in [5.41, 5.74) is -1.56. The minimum absolute atomic E-state index is 0.0698. The summed E-state index contributed by atoms with van der Waals surface area (Å²) in [4.78, 5) is 23.1. The number of rotatable bonds is 5. The van der Waals surface area contributed by atoms with E-state index in [0.29, 0.717) is 12.8 Å². The summed E-state index contributed by atoms with van der Waals surface area (Å²) in [6.07, 6.45) is 3.21. The summed E-state index contributed by atoms with van der Waals surface area (Å²) in [6.45, 7) is -0.322. The number of aliphatic hydroxyl groups excluding tert-OH is 1. The van der Waals surface area contributed by atoms with Crippen LogP contribution in [0, 0.1) is 11.3 Å². The Balaban J connectivity index is 3.04. The average molecular weight is 230 g/mol. The lowest BCUT2D eigenvalue weighted by atomic mass is 9.72. The minimum atomic E-state index is -1.56. The van der Waals surface area contributed by atoms with Crippen molar-refractivity contribution in [1.82, 2.24) is 0 Å². The molecule has 0 aliphatic heterocycles. The number of carbonyl (C=O) groups is 2. The summed E-state index contributed by atoms with van der Waals surface area (Å²) in [5.74, 6) is -2.13. The largest absolute Gasteiger partial charge is 0.480 e.